The Labute approximate surface area is 253 Å². The summed E-state index contributed by atoms with van der Waals surface area (Å²) in [5.74, 6) is 1.43. The summed E-state index contributed by atoms with van der Waals surface area (Å²) < 4.78 is 31.3. The third-order valence-corrected chi connectivity index (χ3v) is 9.15. The summed E-state index contributed by atoms with van der Waals surface area (Å²) in [4.78, 5) is 4.62. The van der Waals surface area contributed by atoms with Gasteiger partial charge in [0.2, 0.25) is 10.0 Å². The lowest BCUT2D eigenvalue weighted by Crippen LogP contribution is -2.54. The molecule has 3 unspecified atom stereocenters. The maximum Gasteiger partial charge on any atom is 0.211 e. The summed E-state index contributed by atoms with van der Waals surface area (Å²) in [7, 11) is -0.942. The Morgan fingerprint density at radius 2 is 1.65 bits per heavy atom. The quantitative estimate of drug-likeness (QED) is 0.316. The number of benzene rings is 1. The molecule has 1 saturated heterocycles. The van der Waals surface area contributed by atoms with E-state index in [9.17, 15) is 8.42 Å². The summed E-state index contributed by atoms with van der Waals surface area (Å²) in [5.41, 5.74) is 2.44. The highest BCUT2D eigenvalue weighted by Crippen LogP contribution is 2.55. The molecule has 1 aliphatic heterocycles. The van der Waals surface area contributed by atoms with Gasteiger partial charge in [0, 0.05) is 57.4 Å². The number of allylic oxidation sites excluding steroid dienone is 1. The van der Waals surface area contributed by atoms with Crippen LogP contribution in [0.2, 0.25) is 5.02 Å². The zero-order valence-corrected chi connectivity index (χ0v) is 29.1. The highest BCUT2D eigenvalue weighted by Gasteiger charge is 2.56. The zero-order chi connectivity index (χ0) is 31.1. The van der Waals surface area contributed by atoms with Crippen molar-refractivity contribution in [3.8, 4) is 5.75 Å². The van der Waals surface area contributed by atoms with E-state index in [4.69, 9.17) is 16.3 Å². The Kier molecular flexibility index (Phi) is 18.4. The lowest BCUT2D eigenvalue weighted by Gasteiger charge is -2.52. The van der Waals surface area contributed by atoms with Crippen molar-refractivity contribution >= 4 is 21.6 Å². The van der Waals surface area contributed by atoms with Crippen LogP contribution in [0.15, 0.2) is 30.5 Å². The van der Waals surface area contributed by atoms with E-state index in [1.54, 1.807) is 4.31 Å². The van der Waals surface area contributed by atoms with Crippen molar-refractivity contribution < 1.29 is 13.2 Å². The maximum absolute atomic E-state index is 11.7. The topological polar surface area (TPSA) is 53.1 Å². The molecule has 234 valence electrons. The van der Waals surface area contributed by atoms with Crippen LogP contribution in [0.3, 0.4) is 0 Å². The lowest BCUT2D eigenvalue weighted by molar-refractivity contribution is 0.0176. The number of sulfonamides is 1. The molecule has 3 atom stereocenters. The molecule has 0 spiro atoms. The Hall–Kier alpha value is -1.28. The van der Waals surface area contributed by atoms with Crippen LogP contribution < -0.4 is 4.74 Å². The molecule has 0 aromatic heterocycles. The second kappa shape index (κ2) is 19.0. The largest absolute Gasteiger partial charge is 0.489 e. The molecule has 1 aromatic carbocycles. The number of hydrogen-bond donors (Lipinski definition) is 0. The van der Waals surface area contributed by atoms with Gasteiger partial charge in [-0.3, -0.25) is 4.90 Å². The number of halogens is 1. The molecule has 8 heteroatoms. The van der Waals surface area contributed by atoms with Gasteiger partial charge in [0.25, 0.3) is 0 Å². The van der Waals surface area contributed by atoms with Crippen LogP contribution in [0, 0.1) is 5.92 Å². The molecule has 0 N–H and O–H groups in total. The van der Waals surface area contributed by atoms with E-state index >= 15 is 0 Å². The van der Waals surface area contributed by atoms with Gasteiger partial charge in [0.05, 0.1) is 11.3 Å². The van der Waals surface area contributed by atoms with Gasteiger partial charge in [-0.1, -0.05) is 86.1 Å². The van der Waals surface area contributed by atoms with Crippen LogP contribution in [0.5, 0.6) is 5.75 Å². The van der Waals surface area contributed by atoms with Crippen LogP contribution in [0.25, 0.3) is 0 Å². The fraction of sp³-hybridized carbons (Fsp3) is 0.750. The summed E-state index contributed by atoms with van der Waals surface area (Å²) in [6.45, 7) is 25.8. The number of rotatable bonds is 7. The summed E-state index contributed by atoms with van der Waals surface area (Å²) in [6, 6.07) is 6.04. The van der Waals surface area contributed by atoms with Crippen molar-refractivity contribution in [3.63, 3.8) is 0 Å². The summed E-state index contributed by atoms with van der Waals surface area (Å²) >= 11 is 6.59. The molecule has 1 heterocycles. The van der Waals surface area contributed by atoms with Crippen LogP contribution in [-0.2, 0) is 16.6 Å². The summed E-state index contributed by atoms with van der Waals surface area (Å²) in [5, 5.41) is 0.647. The smallest absolute Gasteiger partial charge is 0.211 e. The van der Waals surface area contributed by atoms with Crippen molar-refractivity contribution in [1.29, 1.82) is 0 Å². The van der Waals surface area contributed by atoms with Crippen molar-refractivity contribution in [2.45, 2.75) is 113 Å². The van der Waals surface area contributed by atoms with E-state index in [1.807, 2.05) is 53.7 Å². The average Bonchev–Trinajstić information content (AvgIpc) is 3.18. The number of hydrogen-bond acceptors (Lipinski definition) is 5. The second-order valence-corrected chi connectivity index (χ2v) is 12.6. The minimum atomic E-state index is -3.10. The van der Waals surface area contributed by atoms with E-state index in [2.05, 4.69) is 50.3 Å². The SMILES string of the molecule is C=C(C)N(C)C12CCC1CC(Oc1ccc(CN3CCN(S(C)(=O)=O)CC3)cc1Cl)C2.CC.CC.CC.CCC. The van der Waals surface area contributed by atoms with E-state index in [0.29, 0.717) is 24.0 Å². The molecule has 0 radical (unpaired) electrons. The first kappa shape index (κ1) is 38.7. The molecule has 6 nitrogen and oxygen atoms in total. The van der Waals surface area contributed by atoms with Gasteiger partial charge in [0.1, 0.15) is 11.9 Å². The van der Waals surface area contributed by atoms with Crippen LogP contribution >= 0.6 is 11.6 Å². The second-order valence-electron chi connectivity index (χ2n) is 10.2. The lowest BCUT2D eigenvalue weighted by atomic mass is 9.68. The molecular formula is C32H60ClN3O3S. The van der Waals surface area contributed by atoms with Gasteiger partial charge in [-0.25, -0.2) is 8.42 Å². The molecule has 4 rings (SSSR count). The molecule has 0 bridgehead atoms. The Balaban J connectivity index is 0.00000153. The third kappa shape index (κ3) is 10.5. The van der Waals surface area contributed by atoms with Crippen LogP contribution in [-0.4, -0.2) is 73.6 Å². The molecule has 1 aromatic rings. The molecular weight excluding hydrogens is 542 g/mol. The van der Waals surface area contributed by atoms with E-state index in [-0.39, 0.29) is 11.6 Å². The van der Waals surface area contributed by atoms with E-state index in [1.165, 1.54) is 25.5 Å². The fourth-order valence-corrected chi connectivity index (χ4v) is 6.60. The van der Waals surface area contributed by atoms with Crippen molar-refractivity contribution in [2.75, 3.05) is 39.5 Å². The zero-order valence-electron chi connectivity index (χ0n) is 27.5. The molecule has 40 heavy (non-hydrogen) atoms. The number of fused-ring (bicyclic) bond motifs is 1. The predicted molar refractivity (Wildman–Crippen MR) is 175 cm³/mol. The minimum Gasteiger partial charge on any atom is -0.489 e. The molecule has 3 fully saturated rings. The Morgan fingerprint density at radius 3 is 2.08 bits per heavy atom. The van der Waals surface area contributed by atoms with E-state index in [0.717, 1.165) is 49.5 Å². The van der Waals surface area contributed by atoms with Gasteiger partial charge >= 0.3 is 0 Å². The maximum atomic E-state index is 11.7. The Bertz CT molecular complexity index is 964. The first-order valence-electron chi connectivity index (χ1n) is 15.5. The van der Waals surface area contributed by atoms with Crippen LogP contribution in [0.4, 0.5) is 0 Å². The van der Waals surface area contributed by atoms with Crippen molar-refractivity contribution in [2.24, 2.45) is 5.92 Å². The monoisotopic (exact) mass is 601 g/mol. The van der Waals surface area contributed by atoms with Gasteiger partial charge < -0.3 is 9.64 Å². The molecule has 3 aliphatic rings. The average molecular weight is 602 g/mol. The highest BCUT2D eigenvalue weighted by atomic mass is 35.5. The predicted octanol–water partition coefficient (Wildman–Crippen LogP) is 8.07. The van der Waals surface area contributed by atoms with Crippen molar-refractivity contribution in [3.05, 3.63) is 41.1 Å². The highest BCUT2D eigenvalue weighted by molar-refractivity contribution is 7.88. The first-order chi connectivity index (χ1) is 19.0. The standard InChI is InChI=1S/C23H34ClN3O3S.C3H8.3C2H6/c1-17(2)25(3)23-8-7-19(23)14-20(15-23)30-22-6-5-18(13-21(22)24)16-26-9-11-27(12-10-26)31(4,28)29;1-3-2;3*1-2/h5-6,13,19-20H,1,7-12,14-16H2,2-4H3;3H2,1-2H3;3*1-2H3. The molecule has 0 amide bonds. The molecule has 2 aliphatic carbocycles. The van der Waals surface area contributed by atoms with E-state index < -0.39 is 10.0 Å². The Morgan fingerprint density at radius 1 is 1.10 bits per heavy atom. The third-order valence-electron chi connectivity index (χ3n) is 7.55. The normalized spacial score (nSPS) is 23.6. The van der Waals surface area contributed by atoms with Gasteiger partial charge in [-0.2, -0.15) is 4.31 Å². The molecule has 2 saturated carbocycles. The van der Waals surface area contributed by atoms with Crippen molar-refractivity contribution in [1.82, 2.24) is 14.1 Å². The van der Waals surface area contributed by atoms with Gasteiger partial charge in [-0.05, 0) is 49.8 Å². The first-order valence-corrected chi connectivity index (χ1v) is 17.7. The number of nitrogens with zero attached hydrogens (tertiary/aromatic N) is 3. The van der Waals surface area contributed by atoms with Crippen LogP contribution in [0.1, 0.15) is 100.0 Å². The fourth-order valence-electron chi connectivity index (χ4n) is 5.53. The van der Waals surface area contributed by atoms with Gasteiger partial charge in [-0.15, -0.1) is 0 Å². The minimum absolute atomic E-state index is 0.182. The number of piperazine rings is 1. The number of ether oxygens (including phenoxy) is 1. The van der Waals surface area contributed by atoms with Gasteiger partial charge in [0.15, 0.2) is 0 Å². The summed E-state index contributed by atoms with van der Waals surface area (Å²) in [6.07, 6.45) is 7.26.